The van der Waals surface area contributed by atoms with Crippen LogP contribution in [-0.4, -0.2) is 54.8 Å². The molecule has 21 heavy (non-hydrogen) atoms. The number of methoxy groups -OCH3 is 1. The second-order valence-electron chi connectivity index (χ2n) is 5.76. The third-order valence-electron chi connectivity index (χ3n) is 3.14. The molecule has 0 radical (unpaired) electrons. The maximum absolute atomic E-state index is 12.1. The van der Waals surface area contributed by atoms with Gasteiger partial charge in [0, 0.05) is 13.1 Å². The Morgan fingerprint density at radius 1 is 1.29 bits per heavy atom. The molecule has 0 aliphatic carbocycles. The van der Waals surface area contributed by atoms with Crippen LogP contribution in [0, 0.1) is 0 Å². The van der Waals surface area contributed by atoms with E-state index in [2.05, 4.69) is 5.32 Å². The zero-order valence-corrected chi connectivity index (χ0v) is 14.4. The number of hydrogen-bond acceptors (Lipinski definition) is 5. The Bertz CT molecular complexity index is 352. The Labute approximate surface area is 128 Å². The number of amides is 1. The van der Waals surface area contributed by atoms with Gasteiger partial charge in [-0.2, -0.15) is 0 Å². The lowest BCUT2D eigenvalue weighted by Crippen LogP contribution is -2.65. The van der Waals surface area contributed by atoms with Gasteiger partial charge in [0.15, 0.2) is 0 Å². The monoisotopic (exact) mass is 302 g/mol. The van der Waals surface area contributed by atoms with Crippen LogP contribution in [0.2, 0.25) is 0 Å². The van der Waals surface area contributed by atoms with Crippen molar-refractivity contribution in [1.29, 1.82) is 0 Å². The number of carbonyl (C=O) groups excluding carboxylic acids is 2. The first-order chi connectivity index (χ1) is 9.74. The minimum Gasteiger partial charge on any atom is -0.468 e. The van der Waals surface area contributed by atoms with E-state index < -0.39 is 17.2 Å². The van der Waals surface area contributed by atoms with Crippen LogP contribution >= 0.6 is 0 Å². The minimum absolute atomic E-state index is 0.269. The zero-order chi connectivity index (χ0) is 16.7. The highest BCUT2D eigenvalue weighted by Gasteiger charge is 2.43. The number of rotatable bonds is 2. The van der Waals surface area contributed by atoms with Crippen LogP contribution in [-0.2, 0) is 14.3 Å². The third kappa shape index (κ3) is 5.53. The summed E-state index contributed by atoms with van der Waals surface area (Å²) in [5.74, 6) is -0.344. The summed E-state index contributed by atoms with van der Waals surface area (Å²) in [6, 6.07) is 0. The van der Waals surface area contributed by atoms with E-state index >= 15 is 0 Å². The second kappa shape index (κ2) is 8.22. The molecule has 1 aliphatic heterocycles. The maximum Gasteiger partial charge on any atom is 0.410 e. The fourth-order valence-corrected chi connectivity index (χ4v) is 2.09. The number of piperazine rings is 1. The van der Waals surface area contributed by atoms with E-state index in [9.17, 15) is 9.59 Å². The lowest BCUT2D eigenvalue weighted by atomic mass is 9.93. The number of hydrogen-bond donors (Lipinski definition) is 1. The number of esters is 1. The van der Waals surface area contributed by atoms with Gasteiger partial charge in [0.05, 0.1) is 13.7 Å². The number of carbonyl (C=O) groups is 2. The van der Waals surface area contributed by atoms with Crippen molar-refractivity contribution in [3.05, 3.63) is 0 Å². The smallest absolute Gasteiger partial charge is 0.410 e. The molecule has 0 aromatic rings. The minimum atomic E-state index is -0.829. The average molecular weight is 302 g/mol. The van der Waals surface area contributed by atoms with Crippen LogP contribution in [0.4, 0.5) is 4.79 Å². The first-order valence-electron chi connectivity index (χ1n) is 7.55. The molecule has 0 saturated carbocycles. The van der Waals surface area contributed by atoms with Crippen molar-refractivity contribution >= 4 is 12.1 Å². The van der Waals surface area contributed by atoms with Crippen LogP contribution < -0.4 is 5.32 Å². The van der Waals surface area contributed by atoms with Gasteiger partial charge in [0.1, 0.15) is 11.1 Å². The normalized spacial score (nSPS) is 22.0. The molecule has 6 nitrogen and oxygen atoms in total. The summed E-state index contributed by atoms with van der Waals surface area (Å²) in [7, 11) is 1.36. The predicted molar refractivity (Wildman–Crippen MR) is 82.2 cm³/mol. The summed E-state index contributed by atoms with van der Waals surface area (Å²) in [4.78, 5) is 25.5. The molecule has 0 aromatic heterocycles. The van der Waals surface area contributed by atoms with E-state index in [1.54, 1.807) is 4.90 Å². The van der Waals surface area contributed by atoms with E-state index in [0.717, 1.165) is 0 Å². The highest BCUT2D eigenvalue weighted by atomic mass is 16.6. The van der Waals surface area contributed by atoms with Gasteiger partial charge in [-0.25, -0.2) is 9.59 Å². The van der Waals surface area contributed by atoms with E-state index in [0.29, 0.717) is 19.5 Å². The quantitative estimate of drug-likeness (QED) is 0.792. The molecule has 1 saturated heterocycles. The Balaban J connectivity index is 0.00000191. The number of nitrogens with zero attached hydrogens (tertiary/aromatic N) is 1. The van der Waals surface area contributed by atoms with Crippen molar-refractivity contribution in [2.24, 2.45) is 0 Å². The molecule has 0 aromatic carbocycles. The highest BCUT2D eigenvalue weighted by Crippen LogP contribution is 2.20. The van der Waals surface area contributed by atoms with Gasteiger partial charge in [-0.05, 0) is 27.2 Å². The average Bonchev–Trinajstić information content (AvgIpc) is 2.46. The fraction of sp³-hybridized carbons (Fsp3) is 0.867. The Hall–Kier alpha value is -1.30. The molecule has 1 unspecified atom stereocenters. The fourth-order valence-electron chi connectivity index (χ4n) is 2.09. The van der Waals surface area contributed by atoms with E-state index in [-0.39, 0.29) is 12.5 Å². The van der Waals surface area contributed by atoms with Gasteiger partial charge in [0.25, 0.3) is 0 Å². The van der Waals surface area contributed by atoms with E-state index in [1.807, 2.05) is 41.5 Å². The number of nitrogens with one attached hydrogen (secondary N) is 1. The van der Waals surface area contributed by atoms with Crippen molar-refractivity contribution in [3.8, 4) is 0 Å². The largest absolute Gasteiger partial charge is 0.468 e. The van der Waals surface area contributed by atoms with Gasteiger partial charge in [0.2, 0.25) is 0 Å². The second-order valence-corrected chi connectivity index (χ2v) is 5.76. The summed E-state index contributed by atoms with van der Waals surface area (Å²) in [6.45, 7) is 12.7. The predicted octanol–water partition coefficient (Wildman–Crippen LogP) is 2.17. The van der Waals surface area contributed by atoms with Gasteiger partial charge in [-0.15, -0.1) is 0 Å². The molecule has 1 amide bonds. The molecule has 1 heterocycles. The highest BCUT2D eigenvalue weighted by molar-refractivity contribution is 5.82. The standard InChI is InChI=1S/C13H24N2O4.C2H6/c1-6-13(10(16)18-5)9-15(8-7-14-13)11(17)19-12(2,3)4;1-2/h14H,6-9H2,1-5H3;1-2H3. The van der Waals surface area contributed by atoms with Gasteiger partial charge in [-0.1, -0.05) is 20.8 Å². The lowest BCUT2D eigenvalue weighted by molar-refractivity contribution is -0.150. The van der Waals surface area contributed by atoms with Crippen LogP contribution in [0.15, 0.2) is 0 Å². The maximum atomic E-state index is 12.1. The molecule has 6 heteroatoms. The first-order valence-corrected chi connectivity index (χ1v) is 7.55. The molecule has 1 rings (SSSR count). The van der Waals surface area contributed by atoms with Gasteiger partial charge < -0.3 is 14.4 Å². The molecule has 1 atom stereocenters. The SMILES string of the molecule is CC.CCC1(C(=O)OC)CN(C(=O)OC(C)(C)C)CCN1. The third-order valence-corrected chi connectivity index (χ3v) is 3.14. The molecular weight excluding hydrogens is 272 g/mol. The molecular formula is C15H30N2O4. The van der Waals surface area contributed by atoms with Gasteiger partial charge in [-0.3, -0.25) is 5.32 Å². The topological polar surface area (TPSA) is 67.9 Å². The lowest BCUT2D eigenvalue weighted by Gasteiger charge is -2.41. The summed E-state index contributed by atoms with van der Waals surface area (Å²) in [5, 5.41) is 3.16. The molecule has 1 aliphatic rings. The number of ether oxygens (including phenoxy) is 2. The summed E-state index contributed by atoms with van der Waals surface area (Å²) in [5.41, 5.74) is -1.37. The molecule has 1 fully saturated rings. The molecule has 0 spiro atoms. The van der Waals surface area contributed by atoms with Crippen molar-refractivity contribution in [3.63, 3.8) is 0 Å². The molecule has 0 bridgehead atoms. The van der Waals surface area contributed by atoms with Crippen molar-refractivity contribution in [1.82, 2.24) is 10.2 Å². The van der Waals surface area contributed by atoms with Gasteiger partial charge >= 0.3 is 12.1 Å². The zero-order valence-electron chi connectivity index (χ0n) is 14.4. The summed E-state index contributed by atoms with van der Waals surface area (Å²) in [6.07, 6.45) is 0.162. The van der Waals surface area contributed by atoms with Crippen LogP contribution in [0.1, 0.15) is 48.0 Å². The van der Waals surface area contributed by atoms with Crippen LogP contribution in [0.25, 0.3) is 0 Å². The van der Waals surface area contributed by atoms with Crippen molar-refractivity contribution in [2.45, 2.75) is 59.1 Å². The summed E-state index contributed by atoms with van der Waals surface area (Å²) >= 11 is 0. The Kier molecular flexibility index (Phi) is 7.71. The Morgan fingerprint density at radius 2 is 1.86 bits per heavy atom. The van der Waals surface area contributed by atoms with Crippen LogP contribution in [0.5, 0.6) is 0 Å². The first kappa shape index (κ1) is 19.7. The van der Waals surface area contributed by atoms with E-state index in [4.69, 9.17) is 9.47 Å². The van der Waals surface area contributed by atoms with Crippen molar-refractivity contribution < 1.29 is 19.1 Å². The van der Waals surface area contributed by atoms with Crippen LogP contribution in [0.3, 0.4) is 0 Å². The molecule has 124 valence electrons. The Morgan fingerprint density at radius 3 is 2.29 bits per heavy atom. The summed E-state index contributed by atoms with van der Waals surface area (Å²) < 4.78 is 10.2. The van der Waals surface area contributed by atoms with Crippen molar-refractivity contribution in [2.75, 3.05) is 26.7 Å². The molecule has 1 N–H and O–H groups in total. The van der Waals surface area contributed by atoms with E-state index in [1.165, 1.54) is 7.11 Å².